The minimum atomic E-state index is 0.810. The molecule has 10 heavy (non-hydrogen) atoms. The average molecular weight is 134 g/mol. The summed E-state index contributed by atoms with van der Waals surface area (Å²) in [5.41, 5.74) is 2.72. The van der Waals surface area contributed by atoms with E-state index < -0.39 is 0 Å². The molecule has 2 aliphatic rings. The number of hydrazone groups is 1. The minimum Gasteiger partial charge on any atom is -0.303 e. The molecule has 0 spiro atoms. The molecule has 0 atom stereocenters. The Morgan fingerprint density at radius 3 is 3.30 bits per heavy atom. The SMILES string of the molecule is C1=CN2C=CNN=C2C=N1. The Morgan fingerprint density at radius 1 is 1.40 bits per heavy atom. The van der Waals surface area contributed by atoms with Gasteiger partial charge in [0.15, 0.2) is 5.84 Å². The van der Waals surface area contributed by atoms with Crippen LogP contribution in [-0.4, -0.2) is 17.0 Å². The second-order valence-electron chi connectivity index (χ2n) is 1.90. The minimum absolute atomic E-state index is 0.810. The predicted molar refractivity (Wildman–Crippen MR) is 39.2 cm³/mol. The van der Waals surface area contributed by atoms with Gasteiger partial charge in [-0.2, -0.15) is 5.10 Å². The Hall–Kier alpha value is -1.58. The van der Waals surface area contributed by atoms with Gasteiger partial charge < -0.3 is 4.90 Å². The summed E-state index contributed by atoms with van der Waals surface area (Å²) in [4.78, 5) is 5.79. The van der Waals surface area contributed by atoms with Gasteiger partial charge >= 0.3 is 0 Å². The highest BCUT2D eigenvalue weighted by Gasteiger charge is 2.07. The van der Waals surface area contributed by atoms with Gasteiger partial charge in [0, 0.05) is 24.8 Å². The van der Waals surface area contributed by atoms with E-state index in [4.69, 9.17) is 0 Å². The van der Waals surface area contributed by atoms with Crippen molar-refractivity contribution >= 4 is 12.1 Å². The van der Waals surface area contributed by atoms with Crippen LogP contribution >= 0.6 is 0 Å². The molecule has 0 saturated carbocycles. The highest BCUT2D eigenvalue weighted by atomic mass is 15.4. The molecule has 0 aromatic rings. The summed E-state index contributed by atoms with van der Waals surface area (Å²) in [6.45, 7) is 0. The number of amidine groups is 1. The molecule has 0 bridgehead atoms. The number of hydrogen-bond donors (Lipinski definition) is 1. The van der Waals surface area contributed by atoms with Gasteiger partial charge in [0.25, 0.3) is 0 Å². The summed E-state index contributed by atoms with van der Waals surface area (Å²) < 4.78 is 0. The summed E-state index contributed by atoms with van der Waals surface area (Å²) in [7, 11) is 0. The quantitative estimate of drug-likeness (QED) is 0.515. The van der Waals surface area contributed by atoms with Gasteiger partial charge in [-0.05, 0) is 0 Å². The number of nitrogens with one attached hydrogen (secondary N) is 1. The van der Waals surface area contributed by atoms with Crippen LogP contribution in [0.1, 0.15) is 0 Å². The van der Waals surface area contributed by atoms with Gasteiger partial charge in [0.1, 0.15) is 0 Å². The zero-order chi connectivity index (χ0) is 6.81. The van der Waals surface area contributed by atoms with Gasteiger partial charge in [-0.15, -0.1) is 0 Å². The van der Waals surface area contributed by atoms with Crippen LogP contribution in [0.15, 0.2) is 34.9 Å². The molecule has 1 N–H and O–H groups in total. The molecule has 2 aliphatic heterocycles. The van der Waals surface area contributed by atoms with Crippen LogP contribution in [0.4, 0.5) is 0 Å². The fourth-order valence-electron chi connectivity index (χ4n) is 0.793. The van der Waals surface area contributed by atoms with E-state index in [0.717, 1.165) is 5.84 Å². The zero-order valence-corrected chi connectivity index (χ0v) is 5.23. The van der Waals surface area contributed by atoms with Crippen molar-refractivity contribution in [3.05, 3.63) is 24.8 Å². The summed E-state index contributed by atoms with van der Waals surface area (Å²) in [5, 5.41) is 3.96. The third kappa shape index (κ3) is 0.699. The highest BCUT2D eigenvalue weighted by molar-refractivity contribution is 6.30. The second-order valence-corrected chi connectivity index (χ2v) is 1.90. The van der Waals surface area contributed by atoms with E-state index in [9.17, 15) is 0 Å². The van der Waals surface area contributed by atoms with Crippen LogP contribution in [0.5, 0.6) is 0 Å². The smallest absolute Gasteiger partial charge is 0.175 e. The Bertz CT molecular complexity index is 248. The van der Waals surface area contributed by atoms with Crippen LogP contribution in [0.2, 0.25) is 0 Å². The van der Waals surface area contributed by atoms with Crippen molar-refractivity contribution in [3.8, 4) is 0 Å². The van der Waals surface area contributed by atoms with Gasteiger partial charge in [-0.1, -0.05) is 0 Å². The molecule has 0 amide bonds. The number of hydrogen-bond acceptors (Lipinski definition) is 4. The molecule has 4 heteroatoms. The lowest BCUT2D eigenvalue weighted by atomic mass is 10.5. The lowest BCUT2D eigenvalue weighted by Gasteiger charge is -2.19. The lowest BCUT2D eigenvalue weighted by molar-refractivity contribution is 0.706. The molecule has 4 nitrogen and oxygen atoms in total. The fraction of sp³-hybridized carbons (Fsp3) is 0. The molecule has 2 heterocycles. The van der Waals surface area contributed by atoms with E-state index in [-0.39, 0.29) is 0 Å². The van der Waals surface area contributed by atoms with E-state index in [1.807, 2.05) is 17.3 Å². The third-order valence-corrected chi connectivity index (χ3v) is 1.26. The number of aliphatic imine (C=N–C) groups is 1. The van der Waals surface area contributed by atoms with E-state index in [1.165, 1.54) is 0 Å². The van der Waals surface area contributed by atoms with Crippen molar-refractivity contribution in [3.63, 3.8) is 0 Å². The summed E-state index contributed by atoms with van der Waals surface area (Å²) >= 11 is 0. The lowest BCUT2D eigenvalue weighted by Crippen LogP contribution is -2.28. The first-order chi connectivity index (χ1) is 4.97. The van der Waals surface area contributed by atoms with Gasteiger partial charge in [0.2, 0.25) is 0 Å². The van der Waals surface area contributed by atoms with Gasteiger partial charge in [0.05, 0.1) is 6.21 Å². The number of nitrogens with zero attached hydrogens (tertiary/aromatic N) is 3. The molecule has 0 aliphatic carbocycles. The van der Waals surface area contributed by atoms with Crippen molar-refractivity contribution in [2.75, 3.05) is 0 Å². The molecule has 0 saturated heterocycles. The van der Waals surface area contributed by atoms with Gasteiger partial charge in [-0.3, -0.25) is 10.4 Å². The Labute approximate surface area is 58.2 Å². The first-order valence-electron chi connectivity index (χ1n) is 2.95. The summed E-state index contributed by atoms with van der Waals surface area (Å²) in [6.07, 6.45) is 8.89. The largest absolute Gasteiger partial charge is 0.303 e. The summed E-state index contributed by atoms with van der Waals surface area (Å²) in [5.74, 6) is 0.810. The Kier molecular flexibility index (Phi) is 1.04. The van der Waals surface area contributed by atoms with E-state index >= 15 is 0 Å². The molecular formula is C6H6N4. The van der Waals surface area contributed by atoms with Crippen LogP contribution in [0.25, 0.3) is 0 Å². The normalized spacial score (nSPS) is 20.0. The average Bonchev–Trinajstić information content (AvgIpc) is 2.05. The Balaban J connectivity index is 2.33. The third-order valence-electron chi connectivity index (χ3n) is 1.26. The topological polar surface area (TPSA) is 40.0 Å². The van der Waals surface area contributed by atoms with Crippen LogP contribution < -0.4 is 5.43 Å². The maximum atomic E-state index is 3.96. The van der Waals surface area contributed by atoms with E-state index in [1.54, 1.807) is 18.6 Å². The first-order valence-corrected chi connectivity index (χ1v) is 2.95. The van der Waals surface area contributed by atoms with Crippen molar-refractivity contribution < 1.29 is 0 Å². The van der Waals surface area contributed by atoms with Crippen LogP contribution in [-0.2, 0) is 0 Å². The molecule has 2 rings (SSSR count). The molecule has 0 radical (unpaired) electrons. The highest BCUT2D eigenvalue weighted by Crippen LogP contribution is 2.01. The van der Waals surface area contributed by atoms with Crippen LogP contribution in [0.3, 0.4) is 0 Å². The van der Waals surface area contributed by atoms with E-state index in [0.29, 0.717) is 0 Å². The van der Waals surface area contributed by atoms with Crippen molar-refractivity contribution in [2.24, 2.45) is 10.1 Å². The van der Waals surface area contributed by atoms with Crippen molar-refractivity contribution in [1.29, 1.82) is 0 Å². The predicted octanol–water partition coefficient (Wildman–Crippen LogP) is 0.232. The summed E-state index contributed by atoms with van der Waals surface area (Å²) in [6, 6.07) is 0. The van der Waals surface area contributed by atoms with E-state index in [2.05, 4.69) is 15.5 Å². The molecule has 0 unspecified atom stereocenters. The molecular weight excluding hydrogens is 128 g/mol. The molecule has 0 aromatic heterocycles. The maximum Gasteiger partial charge on any atom is 0.175 e. The van der Waals surface area contributed by atoms with Gasteiger partial charge in [-0.25, -0.2) is 0 Å². The molecule has 50 valence electrons. The van der Waals surface area contributed by atoms with Crippen molar-refractivity contribution in [1.82, 2.24) is 10.3 Å². The standard InChI is InChI=1S/C6H6N4/c1-3-10-4-2-8-9-6(10)5-7-1/h1-5,8H. The van der Waals surface area contributed by atoms with Crippen molar-refractivity contribution in [2.45, 2.75) is 0 Å². The number of rotatable bonds is 0. The monoisotopic (exact) mass is 134 g/mol. The fourth-order valence-corrected chi connectivity index (χ4v) is 0.793. The zero-order valence-electron chi connectivity index (χ0n) is 5.23. The molecule has 0 aromatic carbocycles. The Morgan fingerprint density at radius 2 is 2.40 bits per heavy atom. The molecule has 0 fully saturated rings. The maximum absolute atomic E-state index is 3.96. The first kappa shape index (κ1) is 5.22. The second kappa shape index (κ2) is 1.98. The number of fused-ring (bicyclic) bond motifs is 1. The van der Waals surface area contributed by atoms with Crippen LogP contribution in [0, 0.1) is 0 Å².